The van der Waals surface area contributed by atoms with Crippen molar-refractivity contribution in [1.29, 1.82) is 0 Å². The molecule has 0 atom stereocenters. The number of rotatable bonds is 6. The Bertz CT molecular complexity index is 483. The van der Waals surface area contributed by atoms with Crippen molar-refractivity contribution in [2.75, 3.05) is 0 Å². The minimum Gasteiger partial charge on any atom is -0.529 e. The van der Waals surface area contributed by atoms with Gasteiger partial charge in [0.15, 0.2) is 0 Å². The Hall–Kier alpha value is -1.98. The Kier molecular flexibility index (Phi) is 4.83. The van der Waals surface area contributed by atoms with Gasteiger partial charge in [0.2, 0.25) is 0 Å². The van der Waals surface area contributed by atoms with E-state index < -0.39 is 0 Å². The fraction of sp³-hybridized carbons (Fsp3) is 0.143. The summed E-state index contributed by atoms with van der Waals surface area (Å²) in [6.45, 7) is -0.0345. The molecule has 0 bridgehead atoms. The lowest BCUT2D eigenvalue weighted by atomic mass is 10.2. The molecule has 4 nitrogen and oxygen atoms in total. The van der Waals surface area contributed by atoms with Crippen LogP contribution >= 0.6 is 0 Å². The van der Waals surface area contributed by atoms with Gasteiger partial charge in [-0.05, 0) is 35.4 Å². The summed E-state index contributed by atoms with van der Waals surface area (Å²) in [5.41, 5.74) is 1.58. The Labute approximate surface area is 112 Å². The van der Waals surface area contributed by atoms with E-state index in [2.05, 4.69) is 0 Å². The zero-order chi connectivity index (χ0) is 13.5. The molecule has 0 heterocycles. The van der Waals surface area contributed by atoms with Crippen LogP contribution in [0.15, 0.2) is 48.5 Å². The van der Waals surface area contributed by atoms with Crippen LogP contribution in [0.25, 0.3) is 0 Å². The summed E-state index contributed by atoms with van der Waals surface area (Å²) in [7, 11) is 0.0732. The molecule has 0 saturated heterocycles. The molecule has 0 aliphatic carbocycles. The van der Waals surface area contributed by atoms with Gasteiger partial charge in [0.1, 0.15) is 11.5 Å². The highest BCUT2D eigenvalue weighted by molar-refractivity contribution is 6.20. The highest BCUT2D eigenvalue weighted by Crippen LogP contribution is 2.15. The SMILES string of the molecule is OCc1cccc(OBOc2cccc(CO)c2)c1. The Morgan fingerprint density at radius 2 is 1.26 bits per heavy atom. The van der Waals surface area contributed by atoms with Crippen molar-refractivity contribution in [3.8, 4) is 11.5 Å². The molecular weight excluding hydrogens is 243 g/mol. The van der Waals surface area contributed by atoms with E-state index in [9.17, 15) is 0 Å². The van der Waals surface area contributed by atoms with Gasteiger partial charge in [0.25, 0.3) is 0 Å². The first-order valence-electron chi connectivity index (χ1n) is 5.97. The van der Waals surface area contributed by atoms with E-state index >= 15 is 0 Å². The predicted molar refractivity (Wildman–Crippen MR) is 73.1 cm³/mol. The summed E-state index contributed by atoms with van der Waals surface area (Å²) in [6, 6.07) is 14.4. The van der Waals surface area contributed by atoms with Crippen molar-refractivity contribution >= 4 is 7.69 Å². The maximum atomic E-state index is 9.01. The smallest absolute Gasteiger partial charge is 0.529 e. The fourth-order valence-electron chi connectivity index (χ4n) is 1.63. The first-order valence-corrected chi connectivity index (χ1v) is 5.97. The lowest BCUT2D eigenvalue weighted by Crippen LogP contribution is -2.11. The molecule has 0 aromatic heterocycles. The quantitative estimate of drug-likeness (QED) is 0.769. The topological polar surface area (TPSA) is 58.9 Å². The van der Waals surface area contributed by atoms with Gasteiger partial charge in [-0.25, -0.2) is 0 Å². The molecule has 0 unspecified atom stereocenters. The summed E-state index contributed by atoms with van der Waals surface area (Å²) < 4.78 is 10.9. The zero-order valence-electron chi connectivity index (χ0n) is 10.5. The number of aliphatic hydroxyl groups is 2. The van der Waals surface area contributed by atoms with Crippen LogP contribution < -0.4 is 9.31 Å². The van der Waals surface area contributed by atoms with Crippen LogP contribution in [-0.2, 0) is 13.2 Å². The number of hydrogen-bond donors (Lipinski definition) is 2. The molecule has 2 rings (SSSR count). The lowest BCUT2D eigenvalue weighted by molar-refractivity contribution is 0.281. The second kappa shape index (κ2) is 6.82. The second-order valence-corrected chi connectivity index (χ2v) is 4.02. The summed E-state index contributed by atoms with van der Waals surface area (Å²) in [4.78, 5) is 0. The van der Waals surface area contributed by atoms with Gasteiger partial charge < -0.3 is 19.5 Å². The number of benzene rings is 2. The van der Waals surface area contributed by atoms with Gasteiger partial charge >= 0.3 is 7.69 Å². The van der Waals surface area contributed by atoms with E-state index in [1.807, 2.05) is 24.3 Å². The van der Waals surface area contributed by atoms with Crippen LogP contribution in [0.3, 0.4) is 0 Å². The molecule has 2 aromatic rings. The standard InChI is InChI=1S/C14H15BO4/c16-9-11-3-1-5-13(7-11)18-15-19-14-6-2-4-12(8-14)10-17/h1-8,15-17H,9-10H2. The molecule has 0 radical (unpaired) electrons. The maximum Gasteiger partial charge on any atom is 0.576 e. The zero-order valence-corrected chi connectivity index (χ0v) is 10.5. The minimum absolute atomic E-state index is 0.0173. The van der Waals surface area contributed by atoms with E-state index in [1.54, 1.807) is 24.3 Å². The molecule has 98 valence electrons. The van der Waals surface area contributed by atoms with Crippen LogP contribution in [0.2, 0.25) is 0 Å². The Morgan fingerprint density at radius 1 is 0.789 bits per heavy atom. The van der Waals surface area contributed by atoms with Crippen LogP contribution in [0, 0.1) is 0 Å². The minimum atomic E-state index is -0.0173. The molecule has 0 amide bonds. The molecule has 0 aliphatic heterocycles. The van der Waals surface area contributed by atoms with E-state index in [-0.39, 0.29) is 20.9 Å². The van der Waals surface area contributed by atoms with Gasteiger partial charge in [0.05, 0.1) is 13.2 Å². The highest BCUT2D eigenvalue weighted by Gasteiger charge is 2.01. The third-order valence-electron chi connectivity index (χ3n) is 2.61. The van der Waals surface area contributed by atoms with E-state index in [0.717, 1.165) is 11.1 Å². The first-order chi connectivity index (χ1) is 9.31. The molecule has 0 aliphatic rings. The third-order valence-corrected chi connectivity index (χ3v) is 2.61. The second-order valence-electron chi connectivity index (χ2n) is 4.02. The van der Waals surface area contributed by atoms with Crippen LogP contribution in [0.4, 0.5) is 0 Å². The van der Waals surface area contributed by atoms with Gasteiger partial charge in [0, 0.05) is 0 Å². The molecule has 0 spiro atoms. The molecule has 2 N–H and O–H groups in total. The largest absolute Gasteiger partial charge is 0.576 e. The van der Waals surface area contributed by atoms with Crippen molar-refractivity contribution in [2.45, 2.75) is 13.2 Å². The Morgan fingerprint density at radius 3 is 1.68 bits per heavy atom. The normalized spacial score (nSPS) is 10.0. The van der Waals surface area contributed by atoms with Crippen molar-refractivity contribution < 1.29 is 19.5 Å². The van der Waals surface area contributed by atoms with Gasteiger partial charge in [-0.1, -0.05) is 24.3 Å². The molecule has 2 aromatic carbocycles. The lowest BCUT2D eigenvalue weighted by Gasteiger charge is -2.09. The average molecular weight is 258 g/mol. The average Bonchev–Trinajstić information content (AvgIpc) is 2.48. The van der Waals surface area contributed by atoms with Crippen LogP contribution in [0.1, 0.15) is 11.1 Å². The monoisotopic (exact) mass is 258 g/mol. The first kappa shape index (κ1) is 13.5. The van der Waals surface area contributed by atoms with Crippen LogP contribution in [0.5, 0.6) is 11.5 Å². The van der Waals surface area contributed by atoms with E-state index in [1.165, 1.54) is 0 Å². The van der Waals surface area contributed by atoms with Crippen molar-refractivity contribution in [1.82, 2.24) is 0 Å². The summed E-state index contributed by atoms with van der Waals surface area (Å²) in [5.74, 6) is 1.29. The summed E-state index contributed by atoms with van der Waals surface area (Å²) in [5, 5.41) is 18.0. The molecule has 0 fully saturated rings. The maximum absolute atomic E-state index is 9.01. The molecule has 19 heavy (non-hydrogen) atoms. The van der Waals surface area contributed by atoms with Gasteiger partial charge in [-0.3, -0.25) is 0 Å². The Balaban J connectivity index is 1.88. The third kappa shape index (κ3) is 4.01. The van der Waals surface area contributed by atoms with E-state index in [4.69, 9.17) is 19.5 Å². The molecule has 5 heteroatoms. The summed E-state index contributed by atoms with van der Waals surface area (Å²) in [6.07, 6.45) is 0. The van der Waals surface area contributed by atoms with E-state index in [0.29, 0.717) is 11.5 Å². The number of hydrogen-bond acceptors (Lipinski definition) is 4. The van der Waals surface area contributed by atoms with Crippen molar-refractivity contribution in [3.63, 3.8) is 0 Å². The number of aliphatic hydroxyl groups excluding tert-OH is 2. The molecule has 0 saturated carbocycles. The molecular formula is C14H15BO4. The fourth-order valence-corrected chi connectivity index (χ4v) is 1.63. The van der Waals surface area contributed by atoms with Gasteiger partial charge in [-0.15, -0.1) is 0 Å². The predicted octanol–water partition coefficient (Wildman–Crippen LogP) is 1.40. The highest BCUT2D eigenvalue weighted by atomic mass is 16.6. The summed E-state index contributed by atoms with van der Waals surface area (Å²) >= 11 is 0. The van der Waals surface area contributed by atoms with Crippen molar-refractivity contribution in [2.24, 2.45) is 0 Å². The van der Waals surface area contributed by atoms with Crippen LogP contribution in [-0.4, -0.2) is 17.9 Å². The van der Waals surface area contributed by atoms with Crippen molar-refractivity contribution in [3.05, 3.63) is 59.7 Å². The van der Waals surface area contributed by atoms with Gasteiger partial charge in [-0.2, -0.15) is 0 Å².